The first-order chi connectivity index (χ1) is 9.10. The first-order valence-electron chi connectivity index (χ1n) is 5.72. The minimum Gasteiger partial charge on any atom is -0.497 e. The van der Waals surface area contributed by atoms with Crippen LogP contribution < -0.4 is 10.1 Å². The van der Waals surface area contributed by atoms with Gasteiger partial charge in [0.1, 0.15) is 11.4 Å². The molecule has 0 saturated heterocycles. The van der Waals surface area contributed by atoms with Crippen molar-refractivity contribution < 1.29 is 9.66 Å². The first kappa shape index (κ1) is 13.4. The maximum atomic E-state index is 11.0. The van der Waals surface area contributed by atoms with E-state index < -0.39 is 4.92 Å². The van der Waals surface area contributed by atoms with Gasteiger partial charge in [-0.05, 0) is 25.1 Å². The molecule has 0 fully saturated rings. The summed E-state index contributed by atoms with van der Waals surface area (Å²) in [4.78, 5) is 12.9. The molecule has 1 aromatic heterocycles. The zero-order chi connectivity index (χ0) is 13.8. The quantitative estimate of drug-likeness (QED) is 0.670. The van der Waals surface area contributed by atoms with Gasteiger partial charge in [0.15, 0.2) is 0 Å². The summed E-state index contributed by atoms with van der Waals surface area (Å²) in [5.74, 6) is 0.593. The number of thiophene rings is 1. The number of nitro groups is 1. The van der Waals surface area contributed by atoms with E-state index in [9.17, 15) is 10.1 Å². The summed E-state index contributed by atoms with van der Waals surface area (Å²) in [6, 6.07) is 8.71. The molecule has 2 rings (SSSR count). The van der Waals surface area contributed by atoms with E-state index in [0.717, 1.165) is 4.88 Å². The van der Waals surface area contributed by atoms with E-state index >= 15 is 0 Å². The Balaban J connectivity index is 2.19. The SMILES string of the molecule is COc1ccc([N+](=O)[O-])c(NCc2ccc(C)s2)c1. The fourth-order valence-electron chi connectivity index (χ4n) is 1.71. The minimum atomic E-state index is -0.401. The highest BCUT2D eigenvalue weighted by molar-refractivity contribution is 7.11. The lowest BCUT2D eigenvalue weighted by Gasteiger charge is -2.07. The van der Waals surface area contributed by atoms with Gasteiger partial charge in [0.05, 0.1) is 12.0 Å². The molecular formula is C13H14N2O3S. The molecule has 100 valence electrons. The summed E-state index contributed by atoms with van der Waals surface area (Å²) in [7, 11) is 1.54. The molecule has 1 aromatic carbocycles. The standard InChI is InChI=1S/C13H14N2O3S/c1-9-3-5-11(19-9)8-14-12-7-10(18-2)4-6-13(12)15(16)17/h3-7,14H,8H2,1-2H3. The van der Waals surface area contributed by atoms with Crippen LogP contribution in [-0.2, 0) is 6.54 Å². The molecule has 0 saturated carbocycles. The lowest BCUT2D eigenvalue weighted by molar-refractivity contribution is -0.384. The van der Waals surface area contributed by atoms with Crippen molar-refractivity contribution in [1.29, 1.82) is 0 Å². The van der Waals surface area contributed by atoms with Crippen LogP contribution in [0.5, 0.6) is 5.75 Å². The van der Waals surface area contributed by atoms with Crippen LogP contribution in [0.4, 0.5) is 11.4 Å². The van der Waals surface area contributed by atoms with Crippen molar-refractivity contribution in [2.45, 2.75) is 13.5 Å². The average molecular weight is 278 g/mol. The van der Waals surface area contributed by atoms with Crippen LogP contribution in [0.3, 0.4) is 0 Å². The van der Waals surface area contributed by atoms with Crippen molar-refractivity contribution in [3.05, 3.63) is 50.2 Å². The topological polar surface area (TPSA) is 64.4 Å². The molecule has 0 radical (unpaired) electrons. The molecule has 0 bridgehead atoms. The summed E-state index contributed by atoms with van der Waals surface area (Å²) >= 11 is 1.67. The highest BCUT2D eigenvalue weighted by Crippen LogP contribution is 2.29. The van der Waals surface area contributed by atoms with Crippen molar-refractivity contribution in [2.75, 3.05) is 12.4 Å². The Morgan fingerprint density at radius 3 is 2.74 bits per heavy atom. The van der Waals surface area contributed by atoms with Crippen molar-refractivity contribution in [3.8, 4) is 5.75 Å². The minimum absolute atomic E-state index is 0.0501. The predicted molar refractivity (Wildman–Crippen MR) is 76.0 cm³/mol. The van der Waals surface area contributed by atoms with E-state index in [-0.39, 0.29) is 5.69 Å². The zero-order valence-corrected chi connectivity index (χ0v) is 11.5. The maximum absolute atomic E-state index is 11.0. The van der Waals surface area contributed by atoms with Crippen molar-refractivity contribution in [2.24, 2.45) is 0 Å². The number of anilines is 1. The van der Waals surface area contributed by atoms with E-state index in [1.54, 1.807) is 23.5 Å². The number of aryl methyl sites for hydroxylation is 1. The van der Waals surface area contributed by atoms with E-state index in [4.69, 9.17) is 4.74 Å². The molecule has 2 aromatic rings. The molecule has 1 N–H and O–H groups in total. The first-order valence-corrected chi connectivity index (χ1v) is 6.53. The van der Waals surface area contributed by atoms with Crippen LogP contribution in [0.1, 0.15) is 9.75 Å². The van der Waals surface area contributed by atoms with Crippen LogP contribution in [0.25, 0.3) is 0 Å². The van der Waals surface area contributed by atoms with Crippen molar-refractivity contribution >= 4 is 22.7 Å². The normalized spacial score (nSPS) is 10.2. The number of nitrogens with zero attached hydrogens (tertiary/aromatic N) is 1. The van der Waals surface area contributed by atoms with Crippen LogP contribution in [0.15, 0.2) is 30.3 Å². The third-order valence-electron chi connectivity index (χ3n) is 2.65. The Bertz CT molecular complexity index is 595. The summed E-state index contributed by atoms with van der Waals surface area (Å²) in [5.41, 5.74) is 0.518. The molecule has 19 heavy (non-hydrogen) atoms. The third kappa shape index (κ3) is 3.23. The van der Waals surface area contributed by atoms with Gasteiger partial charge in [-0.15, -0.1) is 11.3 Å². The number of nitro benzene ring substituents is 1. The summed E-state index contributed by atoms with van der Waals surface area (Å²) in [6.07, 6.45) is 0. The fraction of sp³-hybridized carbons (Fsp3) is 0.231. The highest BCUT2D eigenvalue weighted by Gasteiger charge is 2.14. The number of nitrogens with one attached hydrogen (secondary N) is 1. The molecule has 0 atom stereocenters. The predicted octanol–water partition coefficient (Wildman–Crippen LogP) is 3.59. The molecule has 0 unspecified atom stereocenters. The fourth-order valence-corrected chi connectivity index (χ4v) is 2.54. The third-order valence-corrected chi connectivity index (χ3v) is 3.65. The maximum Gasteiger partial charge on any atom is 0.292 e. The summed E-state index contributed by atoms with van der Waals surface area (Å²) < 4.78 is 5.09. The lowest BCUT2D eigenvalue weighted by Crippen LogP contribution is -2.01. The summed E-state index contributed by atoms with van der Waals surface area (Å²) in [6.45, 7) is 2.59. The molecular weight excluding hydrogens is 264 g/mol. The smallest absolute Gasteiger partial charge is 0.292 e. The Morgan fingerprint density at radius 1 is 1.37 bits per heavy atom. The molecule has 0 aliphatic heterocycles. The Hall–Kier alpha value is -2.08. The monoisotopic (exact) mass is 278 g/mol. The lowest BCUT2D eigenvalue weighted by atomic mass is 10.2. The van der Waals surface area contributed by atoms with Gasteiger partial charge in [-0.2, -0.15) is 0 Å². The van der Waals surface area contributed by atoms with Crippen LogP contribution in [0, 0.1) is 17.0 Å². The molecule has 0 aliphatic rings. The van der Waals surface area contributed by atoms with Gasteiger partial charge in [-0.25, -0.2) is 0 Å². The van der Waals surface area contributed by atoms with Gasteiger partial charge in [0.2, 0.25) is 0 Å². The van der Waals surface area contributed by atoms with Gasteiger partial charge in [0.25, 0.3) is 5.69 Å². The van der Waals surface area contributed by atoms with Crippen LogP contribution in [-0.4, -0.2) is 12.0 Å². The number of ether oxygens (including phenoxy) is 1. The number of hydrogen-bond donors (Lipinski definition) is 1. The Labute approximate surface area is 115 Å². The van der Waals surface area contributed by atoms with E-state index in [0.29, 0.717) is 18.0 Å². The molecule has 1 heterocycles. The molecule has 0 spiro atoms. The average Bonchev–Trinajstić information content (AvgIpc) is 2.81. The van der Waals surface area contributed by atoms with Gasteiger partial charge < -0.3 is 10.1 Å². The van der Waals surface area contributed by atoms with Gasteiger partial charge in [-0.3, -0.25) is 10.1 Å². The number of methoxy groups -OCH3 is 1. The molecule has 6 heteroatoms. The molecule has 5 nitrogen and oxygen atoms in total. The Kier molecular flexibility index (Phi) is 4.01. The molecule has 0 amide bonds. The van der Waals surface area contributed by atoms with Crippen LogP contribution in [0.2, 0.25) is 0 Å². The summed E-state index contributed by atoms with van der Waals surface area (Å²) in [5, 5.41) is 14.1. The van der Waals surface area contributed by atoms with E-state index in [1.807, 2.05) is 19.1 Å². The largest absolute Gasteiger partial charge is 0.497 e. The second-order valence-electron chi connectivity index (χ2n) is 4.01. The van der Waals surface area contributed by atoms with Gasteiger partial charge >= 0.3 is 0 Å². The Morgan fingerprint density at radius 2 is 2.16 bits per heavy atom. The second-order valence-corrected chi connectivity index (χ2v) is 5.38. The highest BCUT2D eigenvalue weighted by atomic mass is 32.1. The number of hydrogen-bond acceptors (Lipinski definition) is 5. The second kappa shape index (κ2) is 5.71. The van der Waals surface area contributed by atoms with Crippen molar-refractivity contribution in [1.82, 2.24) is 0 Å². The number of rotatable bonds is 5. The van der Waals surface area contributed by atoms with E-state index in [2.05, 4.69) is 5.32 Å². The van der Waals surface area contributed by atoms with Crippen molar-refractivity contribution in [3.63, 3.8) is 0 Å². The van der Waals surface area contributed by atoms with Gasteiger partial charge in [-0.1, -0.05) is 0 Å². The zero-order valence-electron chi connectivity index (χ0n) is 10.7. The van der Waals surface area contributed by atoms with Crippen LogP contribution >= 0.6 is 11.3 Å². The molecule has 0 aliphatic carbocycles. The van der Waals surface area contributed by atoms with Gasteiger partial charge in [0, 0.05) is 28.4 Å². The van der Waals surface area contributed by atoms with E-state index in [1.165, 1.54) is 18.1 Å². The number of benzene rings is 1.